The molecule has 31 heavy (non-hydrogen) atoms. The van der Waals surface area contributed by atoms with Crippen molar-refractivity contribution in [3.63, 3.8) is 0 Å². The Bertz CT molecular complexity index is 1220. The number of anilines is 1. The van der Waals surface area contributed by atoms with Gasteiger partial charge in [-0.1, -0.05) is 44.4 Å². The predicted molar refractivity (Wildman–Crippen MR) is 123 cm³/mol. The number of hydrogen-bond acceptors (Lipinski definition) is 7. The van der Waals surface area contributed by atoms with Gasteiger partial charge in [-0.2, -0.15) is 10.1 Å². The Hall–Kier alpha value is -3.68. The number of nitrogens with zero attached hydrogens (tertiary/aromatic N) is 5. The van der Waals surface area contributed by atoms with Crippen molar-refractivity contribution in [2.75, 3.05) is 12.5 Å². The molecule has 0 saturated carbocycles. The molecule has 0 aliphatic carbocycles. The van der Waals surface area contributed by atoms with Crippen molar-refractivity contribution in [2.45, 2.75) is 39.2 Å². The summed E-state index contributed by atoms with van der Waals surface area (Å²) in [4.78, 5) is 4.68. The smallest absolute Gasteiger partial charge is 0.265 e. The number of para-hydroxylation sites is 1. The van der Waals surface area contributed by atoms with Gasteiger partial charge in [-0.25, -0.2) is 5.43 Å². The topological polar surface area (TPSA) is 97.5 Å². The molecule has 0 atom stereocenters. The summed E-state index contributed by atoms with van der Waals surface area (Å²) in [5.41, 5.74) is 6.26. The number of fused-ring (bicyclic) bond motifs is 3. The fourth-order valence-electron chi connectivity index (χ4n) is 3.63. The van der Waals surface area contributed by atoms with Gasteiger partial charge in [0.25, 0.3) is 5.95 Å². The number of phenols is 1. The molecule has 4 aromatic rings. The Kier molecular flexibility index (Phi) is 6.26. The quantitative estimate of drug-likeness (QED) is 0.232. The van der Waals surface area contributed by atoms with Gasteiger partial charge in [0.05, 0.1) is 18.8 Å². The van der Waals surface area contributed by atoms with Gasteiger partial charge in [-0.15, -0.1) is 10.2 Å². The first kappa shape index (κ1) is 20.6. The summed E-state index contributed by atoms with van der Waals surface area (Å²) in [6, 6.07) is 13.2. The van der Waals surface area contributed by atoms with E-state index in [0.29, 0.717) is 17.3 Å². The number of aromatic nitrogens is 4. The van der Waals surface area contributed by atoms with E-state index in [1.807, 2.05) is 12.1 Å². The van der Waals surface area contributed by atoms with Crippen molar-refractivity contribution in [3.05, 3.63) is 48.0 Å². The highest BCUT2D eigenvalue weighted by atomic mass is 16.5. The Morgan fingerprint density at radius 2 is 2.00 bits per heavy atom. The van der Waals surface area contributed by atoms with Crippen LogP contribution in [-0.4, -0.2) is 38.2 Å². The summed E-state index contributed by atoms with van der Waals surface area (Å²) in [6.07, 6.45) is 6.29. The Balaban J connectivity index is 1.59. The molecule has 0 aliphatic heterocycles. The summed E-state index contributed by atoms with van der Waals surface area (Å²) >= 11 is 0. The summed E-state index contributed by atoms with van der Waals surface area (Å²) < 4.78 is 7.27. The lowest BCUT2D eigenvalue weighted by atomic mass is 10.2. The molecule has 160 valence electrons. The molecule has 0 fully saturated rings. The van der Waals surface area contributed by atoms with Crippen LogP contribution in [-0.2, 0) is 6.54 Å². The molecule has 0 radical (unpaired) electrons. The Labute approximate surface area is 180 Å². The average Bonchev–Trinajstić information content (AvgIpc) is 3.10. The van der Waals surface area contributed by atoms with Crippen molar-refractivity contribution in [1.29, 1.82) is 0 Å². The van der Waals surface area contributed by atoms with Crippen LogP contribution in [0.3, 0.4) is 0 Å². The predicted octanol–water partition coefficient (Wildman–Crippen LogP) is 4.72. The van der Waals surface area contributed by atoms with Gasteiger partial charge in [0.1, 0.15) is 5.52 Å². The minimum absolute atomic E-state index is 0.0541. The Morgan fingerprint density at radius 3 is 2.81 bits per heavy atom. The molecule has 4 rings (SSSR count). The van der Waals surface area contributed by atoms with Crippen LogP contribution in [0.15, 0.2) is 47.6 Å². The van der Waals surface area contributed by atoms with Gasteiger partial charge in [0.15, 0.2) is 17.1 Å². The van der Waals surface area contributed by atoms with Crippen LogP contribution in [0, 0.1) is 0 Å². The first-order chi connectivity index (χ1) is 15.2. The fourth-order valence-corrected chi connectivity index (χ4v) is 3.63. The maximum absolute atomic E-state index is 9.89. The number of benzene rings is 2. The summed E-state index contributed by atoms with van der Waals surface area (Å²) in [7, 11) is 1.51. The second kappa shape index (κ2) is 9.42. The molecule has 8 heteroatoms. The third-order valence-electron chi connectivity index (χ3n) is 5.19. The summed E-state index contributed by atoms with van der Waals surface area (Å²) in [6.45, 7) is 3.10. The number of hydrogen-bond donors (Lipinski definition) is 2. The molecule has 0 aliphatic rings. The lowest BCUT2D eigenvalue weighted by molar-refractivity contribution is 0.373. The van der Waals surface area contributed by atoms with Crippen molar-refractivity contribution in [3.8, 4) is 11.5 Å². The number of hydrazone groups is 1. The van der Waals surface area contributed by atoms with E-state index in [9.17, 15) is 5.11 Å². The van der Waals surface area contributed by atoms with Gasteiger partial charge in [0.2, 0.25) is 0 Å². The lowest BCUT2D eigenvalue weighted by Crippen LogP contribution is -2.03. The molecule has 2 aromatic carbocycles. The zero-order valence-electron chi connectivity index (χ0n) is 17.7. The first-order valence-corrected chi connectivity index (χ1v) is 10.5. The minimum atomic E-state index is 0.0541. The maximum Gasteiger partial charge on any atom is 0.265 e. The van der Waals surface area contributed by atoms with Crippen LogP contribution in [0.25, 0.3) is 22.1 Å². The van der Waals surface area contributed by atoms with Crippen LogP contribution in [0.5, 0.6) is 11.5 Å². The molecule has 0 amide bonds. The van der Waals surface area contributed by atoms with E-state index in [1.165, 1.54) is 26.4 Å². The fraction of sp³-hybridized carbons (Fsp3) is 0.304. The lowest BCUT2D eigenvalue weighted by Gasteiger charge is -2.06. The molecule has 8 nitrogen and oxygen atoms in total. The number of rotatable bonds is 9. The van der Waals surface area contributed by atoms with Gasteiger partial charge in [-0.3, -0.25) is 0 Å². The third-order valence-corrected chi connectivity index (χ3v) is 5.19. The molecule has 0 bridgehead atoms. The van der Waals surface area contributed by atoms with Crippen molar-refractivity contribution < 1.29 is 9.84 Å². The number of unbranched alkanes of at least 4 members (excludes halogenated alkanes) is 3. The van der Waals surface area contributed by atoms with Crippen LogP contribution < -0.4 is 10.2 Å². The molecular weight excluding hydrogens is 392 g/mol. The highest BCUT2D eigenvalue weighted by Crippen LogP contribution is 2.27. The number of aromatic hydroxyl groups is 1. The third kappa shape index (κ3) is 4.42. The number of methoxy groups -OCH3 is 1. The maximum atomic E-state index is 9.89. The molecule has 2 N–H and O–H groups in total. The second-order valence-electron chi connectivity index (χ2n) is 7.34. The number of nitrogens with one attached hydrogen (secondary N) is 1. The number of ether oxygens (including phenoxy) is 1. The van der Waals surface area contributed by atoms with Gasteiger partial charge < -0.3 is 14.4 Å². The average molecular weight is 419 g/mol. The van der Waals surface area contributed by atoms with Crippen LogP contribution in [0.1, 0.15) is 38.2 Å². The first-order valence-electron chi connectivity index (χ1n) is 10.5. The van der Waals surface area contributed by atoms with Crippen LogP contribution >= 0.6 is 0 Å². The standard InChI is InChI=1S/C23H26N6O2/c1-3-4-5-8-13-29-18-10-7-6-9-17(18)21-22(29)25-23(28-26-21)27-24-15-16-11-12-20(31-2)19(30)14-16/h6-7,9-12,14-15,30H,3-5,8,13H2,1-2H3,(H,25,27,28)/b24-15+. The van der Waals surface area contributed by atoms with Gasteiger partial charge in [-0.05, 0) is 36.2 Å². The van der Waals surface area contributed by atoms with E-state index in [4.69, 9.17) is 4.74 Å². The normalized spacial score (nSPS) is 11.5. The van der Waals surface area contributed by atoms with Crippen molar-refractivity contribution >= 4 is 34.2 Å². The molecule has 2 heterocycles. The van der Waals surface area contributed by atoms with Gasteiger partial charge >= 0.3 is 0 Å². The van der Waals surface area contributed by atoms with Gasteiger partial charge in [0, 0.05) is 11.9 Å². The molecule has 0 spiro atoms. The largest absolute Gasteiger partial charge is 0.504 e. The number of aryl methyl sites for hydroxylation is 1. The van der Waals surface area contributed by atoms with Crippen molar-refractivity contribution in [1.82, 2.24) is 19.7 Å². The zero-order chi connectivity index (χ0) is 21.6. The van der Waals surface area contributed by atoms with E-state index < -0.39 is 0 Å². The van der Waals surface area contributed by atoms with E-state index in [2.05, 4.69) is 49.3 Å². The Morgan fingerprint density at radius 1 is 1.13 bits per heavy atom. The molecular formula is C23H26N6O2. The van der Waals surface area contributed by atoms with E-state index in [0.717, 1.165) is 35.0 Å². The zero-order valence-corrected chi connectivity index (χ0v) is 17.7. The monoisotopic (exact) mass is 418 g/mol. The van der Waals surface area contributed by atoms with E-state index in [-0.39, 0.29) is 5.75 Å². The molecule has 0 saturated heterocycles. The highest BCUT2D eigenvalue weighted by Gasteiger charge is 2.14. The van der Waals surface area contributed by atoms with Crippen LogP contribution in [0.2, 0.25) is 0 Å². The summed E-state index contributed by atoms with van der Waals surface area (Å²) in [5.74, 6) is 0.785. The molecule has 2 aromatic heterocycles. The van der Waals surface area contributed by atoms with Crippen LogP contribution in [0.4, 0.5) is 5.95 Å². The van der Waals surface area contributed by atoms with Crippen molar-refractivity contribution in [2.24, 2.45) is 5.10 Å². The highest BCUT2D eigenvalue weighted by molar-refractivity contribution is 6.04. The number of phenolic OH excluding ortho intramolecular Hbond substituents is 1. The minimum Gasteiger partial charge on any atom is -0.504 e. The van der Waals surface area contributed by atoms with E-state index in [1.54, 1.807) is 24.4 Å². The molecule has 0 unspecified atom stereocenters. The second-order valence-corrected chi connectivity index (χ2v) is 7.34. The summed E-state index contributed by atoms with van der Waals surface area (Å²) in [5, 5.41) is 23.7. The van der Waals surface area contributed by atoms with E-state index >= 15 is 0 Å². The SMILES string of the molecule is CCCCCCn1c2ccccc2c2nnc(N/N=C/c3ccc(OC)c(O)c3)nc21.